The fourth-order valence-electron chi connectivity index (χ4n) is 4.19. The van der Waals surface area contributed by atoms with Crippen molar-refractivity contribution < 1.29 is 14.3 Å². The number of methoxy groups -OCH3 is 1. The van der Waals surface area contributed by atoms with Gasteiger partial charge in [-0.25, -0.2) is 9.79 Å². The Morgan fingerprint density at radius 2 is 2.06 bits per heavy atom. The van der Waals surface area contributed by atoms with E-state index >= 15 is 0 Å². The molecule has 1 aromatic carbocycles. The Kier molecular flexibility index (Phi) is 7.17. The number of nitrogens with zero attached hydrogens (tertiary/aromatic N) is 3. The van der Waals surface area contributed by atoms with Gasteiger partial charge in [-0.15, -0.1) is 0 Å². The van der Waals surface area contributed by atoms with E-state index in [0.29, 0.717) is 24.2 Å². The first kappa shape index (κ1) is 23.8. The molecule has 34 heavy (non-hydrogen) atoms. The molecule has 1 amide bonds. The summed E-state index contributed by atoms with van der Waals surface area (Å²) in [5.74, 6) is -0.510. The van der Waals surface area contributed by atoms with Gasteiger partial charge in [0.25, 0.3) is 0 Å². The van der Waals surface area contributed by atoms with E-state index in [1.165, 1.54) is 18.9 Å². The summed E-state index contributed by atoms with van der Waals surface area (Å²) in [7, 11) is 1.39. The van der Waals surface area contributed by atoms with Crippen LogP contribution in [0.2, 0.25) is 0 Å². The third kappa shape index (κ3) is 4.77. The molecule has 2 aliphatic heterocycles. The fourth-order valence-corrected chi connectivity index (χ4v) is 5.13. The average Bonchev–Trinajstić information content (AvgIpc) is 3.25. The van der Waals surface area contributed by atoms with Gasteiger partial charge < -0.3 is 15.0 Å². The number of ether oxygens (including phenoxy) is 1. The highest BCUT2D eigenvalue weighted by molar-refractivity contribution is 8.16. The predicted molar refractivity (Wildman–Crippen MR) is 134 cm³/mol. The number of thioether (sulfide) groups is 1. The van der Waals surface area contributed by atoms with Crippen LogP contribution in [0.3, 0.4) is 0 Å². The lowest BCUT2D eigenvalue weighted by atomic mass is 9.89. The molecule has 0 saturated heterocycles. The third-order valence-electron chi connectivity index (χ3n) is 5.91. The lowest BCUT2D eigenvalue weighted by Crippen LogP contribution is -2.38. The van der Waals surface area contributed by atoms with Gasteiger partial charge in [-0.1, -0.05) is 48.5 Å². The minimum Gasteiger partial charge on any atom is -0.466 e. The van der Waals surface area contributed by atoms with Crippen LogP contribution in [0.4, 0.5) is 0 Å². The zero-order valence-corrected chi connectivity index (χ0v) is 20.6. The number of allylic oxidation sites excluding steroid dienone is 1. The van der Waals surface area contributed by atoms with E-state index < -0.39 is 12.0 Å². The summed E-state index contributed by atoms with van der Waals surface area (Å²) in [5, 5.41) is 5.68. The van der Waals surface area contributed by atoms with Crippen molar-refractivity contribution in [2.45, 2.75) is 46.2 Å². The summed E-state index contributed by atoms with van der Waals surface area (Å²) in [6, 6.07) is 9.56. The summed E-state index contributed by atoms with van der Waals surface area (Å²) >= 11 is 1.48. The van der Waals surface area contributed by atoms with Crippen LogP contribution in [-0.4, -0.2) is 34.0 Å². The SMILES string of the molecule is CCC1=C(C(=O)OC)C(c2cc(C)ccc2C)N2C(CC(=O)NCc3cccnc3)=CSC2=N1. The Morgan fingerprint density at radius 3 is 2.76 bits per heavy atom. The molecule has 8 heteroatoms. The van der Waals surface area contributed by atoms with Crippen LogP contribution in [0.15, 0.2) is 70.1 Å². The molecule has 0 fully saturated rings. The highest BCUT2D eigenvalue weighted by Gasteiger charge is 2.42. The maximum absolute atomic E-state index is 13.0. The van der Waals surface area contributed by atoms with E-state index in [4.69, 9.17) is 9.73 Å². The van der Waals surface area contributed by atoms with E-state index in [-0.39, 0.29) is 12.3 Å². The third-order valence-corrected chi connectivity index (χ3v) is 6.80. The number of rotatable bonds is 7. The summed E-state index contributed by atoms with van der Waals surface area (Å²) in [6.45, 7) is 6.46. The number of aliphatic imine (C=N–C) groups is 1. The number of nitrogens with one attached hydrogen (secondary N) is 1. The molecule has 1 aromatic heterocycles. The van der Waals surface area contributed by atoms with Gasteiger partial charge in [0.1, 0.15) is 0 Å². The highest BCUT2D eigenvalue weighted by atomic mass is 32.2. The van der Waals surface area contributed by atoms with Gasteiger partial charge in [-0.2, -0.15) is 0 Å². The van der Waals surface area contributed by atoms with Gasteiger partial charge in [0, 0.05) is 24.6 Å². The van der Waals surface area contributed by atoms with Crippen LogP contribution in [0.5, 0.6) is 0 Å². The number of carbonyl (C=O) groups is 2. The monoisotopic (exact) mass is 476 g/mol. The zero-order valence-electron chi connectivity index (χ0n) is 19.8. The molecule has 0 saturated carbocycles. The van der Waals surface area contributed by atoms with E-state index in [2.05, 4.69) is 28.5 Å². The quantitative estimate of drug-likeness (QED) is 0.591. The number of esters is 1. The number of amidine groups is 1. The van der Waals surface area contributed by atoms with Crippen LogP contribution in [0.1, 0.15) is 48.1 Å². The first-order chi connectivity index (χ1) is 16.4. The van der Waals surface area contributed by atoms with E-state index in [1.54, 1.807) is 12.4 Å². The molecular formula is C26H28N4O3S. The number of amides is 1. The Morgan fingerprint density at radius 1 is 1.24 bits per heavy atom. The molecule has 1 N–H and O–H groups in total. The molecule has 0 bridgehead atoms. The normalized spacial score (nSPS) is 17.2. The van der Waals surface area contributed by atoms with Crippen molar-refractivity contribution in [3.05, 3.63) is 87.4 Å². The van der Waals surface area contributed by atoms with Crippen LogP contribution in [0, 0.1) is 13.8 Å². The van der Waals surface area contributed by atoms with Crippen molar-refractivity contribution in [3.63, 3.8) is 0 Å². The fraction of sp³-hybridized carbons (Fsp3) is 0.308. The Labute approximate surface area is 204 Å². The van der Waals surface area contributed by atoms with Crippen molar-refractivity contribution in [1.29, 1.82) is 0 Å². The summed E-state index contributed by atoms with van der Waals surface area (Å²) < 4.78 is 5.19. The van der Waals surface area contributed by atoms with E-state index in [9.17, 15) is 9.59 Å². The second kappa shape index (κ2) is 10.3. The maximum Gasteiger partial charge on any atom is 0.338 e. The standard InChI is InChI=1S/C26H28N4O3S/c1-5-21-23(25(32)33-4)24(20-11-16(2)8-9-17(20)3)30-19(15-34-26(30)29-21)12-22(31)28-14-18-7-6-10-27-13-18/h6-11,13,15,24H,5,12,14H2,1-4H3,(H,28,31). The first-order valence-corrected chi connectivity index (χ1v) is 12.1. The molecular weight excluding hydrogens is 448 g/mol. The van der Waals surface area contributed by atoms with Gasteiger partial charge >= 0.3 is 5.97 Å². The first-order valence-electron chi connectivity index (χ1n) is 11.2. The number of fused-ring (bicyclic) bond motifs is 1. The topological polar surface area (TPSA) is 83.9 Å². The van der Waals surface area contributed by atoms with Crippen molar-refractivity contribution in [1.82, 2.24) is 15.2 Å². The Hall–Kier alpha value is -3.39. The highest BCUT2D eigenvalue weighted by Crippen LogP contribution is 2.46. The van der Waals surface area contributed by atoms with E-state index in [1.807, 2.05) is 43.2 Å². The number of aromatic nitrogens is 1. The molecule has 0 radical (unpaired) electrons. The minimum atomic E-state index is -0.415. The largest absolute Gasteiger partial charge is 0.466 e. The Balaban J connectivity index is 1.67. The lowest BCUT2D eigenvalue weighted by molar-refractivity contribution is -0.136. The zero-order chi connectivity index (χ0) is 24.2. The number of pyridine rings is 1. The molecule has 1 atom stereocenters. The molecule has 3 heterocycles. The number of hydrogen-bond acceptors (Lipinski definition) is 7. The molecule has 2 aromatic rings. The van der Waals surface area contributed by atoms with E-state index in [0.717, 1.165) is 33.1 Å². The molecule has 0 aliphatic carbocycles. The number of carbonyl (C=O) groups excluding carboxylic acids is 2. The van der Waals surface area contributed by atoms with Crippen molar-refractivity contribution in [2.75, 3.05) is 7.11 Å². The molecule has 2 aliphatic rings. The lowest BCUT2D eigenvalue weighted by Gasteiger charge is -2.37. The van der Waals surface area contributed by atoms with Gasteiger partial charge in [0.05, 0.1) is 30.8 Å². The van der Waals surface area contributed by atoms with Crippen molar-refractivity contribution >= 4 is 28.8 Å². The van der Waals surface area contributed by atoms with Crippen molar-refractivity contribution in [3.8, 4) is 0 Å². The number of hydrogen-bond donors (Lipinski definition) is 1. The molecule has 4 rings (SSSR count). The molecule has 1 unspecified atom stereocenters. The van der Waals surface area contributed by atoms with Gasteiger partial charge in [-0.3, -0.25) is 9.78 Å². The summed E-state index contributed by atoms with van der Waals surface area (Å²) in [6.07, 6.45) is 4.21. The molecule has 7 nitrogen and oxygen atoms in total. The van der Waals surface area contributed by atoms with Gasteiger partial charge in [0.15, 0.2) is 5.17 Å². The van der Waals surface area contributed by atoms with Crippen molar-refractivity contribution in [2.24, 2.45) is 4.99 Å². The summed E-state index contributed by atoms with van der Waals surface area (Å²) in [4.78, 5) is 36.7. The van der Waals surface area contributed by atoms with Crippen LogP contribution < -0.4 is 5.32 Å². The average molecular weight is 477 g/mol. The van der Waals surface area contributed by atoms with Gasteiger partial charge in [-0.05, 0) is 48.4 Å². The molecule has 176 valence electrons. The van der Waals surface area contributed by atoms with Gasteiger partial charge in [0.2, 0.25) is 5.91 Å². The maximum atomic E-state index is 13.0. The van der Waals surface area contributed by atoms with Crippen LogP contribution in [-0.2, 0) is 20.9 Å². The number of benzene rings is 1. The second-order valence-corrected chi connectivity index (χ2v) is 9.11. The second-order valence-electron chi connectivity index (χ2n) is 8.27. The van der Waals surface area contributed by atoms with Crippen LogP contribution in [0.25, 0.3) is 0 Å². The summed E-state index contributed by atoms with van der Waals surface area (Å²) in [5.41, 5.74) is 6.13. The smallest absolute Gasteiger partial charge is 0.338 e. The number of aryl methyl sites for hydroxylation is 2. The molecule has 0 spiro atoms. The Bertz CT molecular complexity index is 1200. The minimum absolute atomic E-state index is 0.110. The predicted octanol–water partition coefficient (Wildman–Crippen LogP) is 4.54. The van der Waals surface area contributed by atoms with Crippen LogP contribution >= 0.6 is 11.8 Å².